The van der Waals surface area contributed by atoms with Gasteiger partial charge in [0.25, 0.3) is 5.91 Å². The van der Waals surface area contributed by atoms with E-state index in [2.05, 4.69) is 16.3 Å². The monoisotopic (exact) mass is 408 g/mol. The van der Waals surface area contributed by atoms with E-state index in [1.165, 1.54) is 28.9 Å². The molecule has 1 aromatic heterocycles. The molecule has 8 heteroatoms. The van der Waals surface area contributed by atoms with Gasteiger partial charge in [-0.3, -0.25) is 14.3 Å². The van der Waals surface area contributed by atoms with Crippen LogP contribution in [-0.2, 0) is 11.8 Å². The number of aryl methyl sites for hydroxylation is 1. The van der Waals surface area contributed by atoms with Crippen LogP contribution in [0.2, 0.25) is 0 Å². The van der Waals surface area contributed by atoms with Gasteiger partial charge in [0.2, 0.25) is 5.91 Å². The van der Waals surface area contributed by atoms with Gasteiger partial charge in [0, 0.05) is 43.2 Å². The summed E-state index contributed by atoms with van der Waals surface area (Å²) in [6.45, 7) is -0.251. The Hall–Kier alpha value is -3.99. The second kappa shape index (κ2) is 8.57. The Bertz CT molecular complexity index is 1160. The quantitative estimate of drug-likeness (QED) is 0.660. The summed E-state index contributed by atoms with van der Waals surface area (Å²) in [6.07, 6.45) is 6.77. The second-order valence-electron chi connectivity index (χ2n) is 6.62. The van der Waals surface area contributed by atoms with E-state index >= 15 is 0 Å². The van der Waals surface area contributed by atoms with Crippen LogP contribution in [0.25, 0.3) is 11.3 Å². The molecular formula is C22H18F2N4O2. The Labute approximate surface area is 172 Å². The minimum absolute atomic E-state index is 0.00991. The van der Waals surface area contributed by atoms with E-state index < -0.39 is 23.4 Å². The lowest BCUT2D eigenvalue weighted by Gasteiger charge is -2.17. The lowest BCUT2D eigenvalue weighted by molar-refractivity contribution is -0.116. The van der Waals surface area contributed by atoms with Gasteiger partial charge in [0.05, 0.1) is 12.1 Å². The maximum Gasteiger partial charge on any atom is 0.257 e. The molecule has 0 fully saturated rings. The van der Waals surface area contributed by atoms with Crippen molar-refractivity contribution in [3.63, 3.8) is 0 Å². The van der Waals surface area contributed by atoms with Crippen LogP contribution in [0.4, 0.5) is 14.5 Å². The third-order valence-electron chi connectivity index (χ3n) is 4.29. The summed E-state index contributed by atoms with van der Waals surface area (Å²) in [4.78, 5) is 26.4. The third-order valence-corrected chi connectivity index (χ3v) is 4.29. The summed E-state index contributed by atoms with van der Waals surface area (Å²) in [6, 6.07) is 9.77. The molecule has 152 valence electrons. The number of rotatable bonds is 5. The van der Waals surface area contributed by atoms with E-state index in [4.69, 9.17) is 6.42 Å². The standard InChI is InChI=1S/C22H18F2N4O2/c1-4-14-6-5-7-16(10-14)25-20(29)13-27(2)22(30)18-12-28(3)26-21(18)17-9-8-15(23)11-19(17)24/h1,5-12H,13H2,2-3H3,(H,25,29). The summed E-state index contributed by atoms with van der Waals surface area (Å²) < 4.78 is 28.8. The molecule has 0 aliphatic carbocycles. The average molecular weight is 408 g/mol. The number of amides is 2. The molecule has 0 aliphatic rings. The highest BCUT2D eigenvalue weighted by Crippen LogP contribution is 2.26. The number of terminal acetylenes is 1. The van der Waals surface area contributed by atoms with Crippen LogP contribution in [0.1, 0.15) is 15.9 Å². The molecule has 0 radical (unpaired) electrons. The highest BCUT2D eigenvalue weighted by Gasteiger charge is 2.23. The number of aromatic nitrogens is 2. The molecule has 6 nitrogen and oxygen atoms in total. The smallest absolute Gasteiger partial charge is 0.257 e. The molecular weight excluding hydrogens is 390 g/mol. The van der Waals surface area contributed by atoms with Gasteiger partial charge >= 0.3 is 0 Å². The van der Waals surface area contributed by atoms with Gasteiger partial charge in [-0.1, -0.05) is 12.0 Å². The molecule has 0 bridgehead atoms. The number of benzene rings is 2. The fourth-order valence-electron chi connectivity index (χ4n) is 2.91. The molecule has 2 amide bonds. The topological polar surface area (TPSA) is 67.2 Å². The van der Waals surface area contributed by atoms with Crippen LogP contribution in [0, 0.1) is 24.0 Å². The van der Waals surface area contributed by atoms with Crippen molar-refractivity contribution in [3.05, 3.63) is 71.4 Å². The van der Waals surface area contributed by atoms with Crippen molar-refractivity contribution in [2.45, 2.75) is 0 Å². The van der Waals surface area contributed by atoms with Crippen LogP contribution < -0.4 is 5.32 Å². The maximum atomic E-state index is 14.2. The molecule has 2 aromatic carbocycles. The van der Waals surface area contributed by atoms with E-state index in [1.54, 1.807) is 31.3 Å². The molecule has 3 rings (SSSR count). The lowest BCUT2D eigenvalue weighted by atomic mass is 10.1. The van der Waals surface area contributed by atoms with Crippen LogP contribution in [-0.4, -0.2) is 40.1 Å². The van der Waals surface area contributed by atoms with Crippen molar-refractivity contribution in [2.24, 2.45) is 7.05 Å². The van der Waals surface area contributed by atoms with Crippen molar-refractivity contribution >= 4 is 17.5 Å². The number of halogens is 2. The molecule has 0 saturated carbocycles. The van der Waals surface area contributed by atoms with E-state index in [0.717, 1.165) is 12.1 Å². The molecule has 1 heterocycles. The molecule has 0 spiro atoms. The van der Waals surface area contributed by atoms with E-state index in [-0.39, 0.29) is 23.4 Å². The summed E-state index contributed by atoms with van der Waals surface area (Å²) in [7, 11) is 3.02. The molecule has 30 heavy (non-hydrogen) atoms. The van der Waals surface area contributed by atoms with Crippen molar-refractivity contribution < 1.29 is 18.4 Å². The number of likely N-dealkylation sites (N-methyl/N-ethyl adjacent to an activating group) is 1. The van der Waals surface area contributed by atoms with Crippen molar-refractivity contribution in [2.75, 3.05) is 18.9 Å². The van der Waals surface area contributed by atoms with Crippen LogP contribution in [0.3, 0.4) is 0 Å². The first-order chi connectivity index (χ1) is 14.3. The number of hydrogen-bond donors (Lipinski definition) is 1. The van der Waals surface area contributed by atoms with Gasteiger partial charge in [0.15, 0.2) is 0 Å². The molecule has 0 aliphatic heterocycles. The van der Waals surface area contributed by atoms with Crippen molar-refractivity contribution in [1.82, 2.24) is 14.7 Å². The first-order valence-corrected chi connectivity index (χ1v) is 8.89. The molecule has 1 N–H and O–H groups in total. The Morgan fingerprint density at radius 3 is 2.70 bits per heavy atom. The molecule has 0 unspecified atom stereocenters. The van der Waals surface area contributed by atoms with Crippen LogP contribution in [0.15, 0.2) is 48.7 Å². The molecule has 0 saturated heterocycles. The number of nitrogens with one attached hydrogen (secondary N) is 1. The Balaban J connectivity index is 1.78. The summed E-state index contributed by atoms with van der Waals surface area (Å²) in [5.74, 6) is -0.0611. The van der Waals surface area contributed by atoms with Gasteiger partial charge < -0.3 is 10.2 Å². The lowest BCUT2D eigenvalue weighted by Crippen LogP contribution is -2.35. The minimum atomic E-state index is -0.837. The first-order valence-electron chi connectivity index (χ1n) is 8.89. The fourth-order valence-corrected chi connectivity index (χ4v) is 2.91. The highest BCUT2D eigenvalue weighted by molar-refractivity contribution is 6.02. The predicted octanol–water partition coefficient (Wildman–Crippen LogP) is 3.06. The zero-order valence-corrected chi connectivity index (χ0v) is 16.3. The summed E-state index contributed by atoms with van der Waals surface area (Å²) in [5.41, 5.74) is 1.26. The second-order valence-corrected chi connectivity index (χ2v) is 6.62. The average Bonchev–Trinajstić information content (AvgIpc) is 3.08. The SMILES string of the molecule is C#Cc1cccc(NC(=O)CN(C)C(=O)c2cn(C)nc2-c2ccc(F)cc2F)c1. The summed E-state index contributed by atoms with van der Waals surface area (Å²) in [5, 5.41) is 6.80. The van der Waals surface area contributed by atoms with E-state index in [1.807, 2.05) is 0 Å². The minimum Gasteiger partial charge on any atom is -0.332 e. The van der Waals surface area contributed by atoms with Crippen molar-refractivity contribution in [3.8, 4) is 23.6 Å². The normalized spacial score (nSPS) is 10.4. The molecule has 0 atom stereocenters. The largest absolute Gasteiger partial charge is 0.332 e. The maximum absolute atomic E-state index is 14.2. The van der Waals surface area contributed by atoms with Gasteiger partial charge in [-0.25, -0.2) is 8.78 Å². The predicted molar refractivity (Wildman–Crippen MR) is 109 cm³/mol. The van der Waals surface area contributed by atoms with Crippen molar-refractivity contribution in [1.29, 1.82) is 0 Å². The number of anilines is 1. The fraction of sp³-hybridized carbons (Fsp3) is 0.136. The van der Waals surface area contributed by atoms with Gasteiger partial charge in [-0.15, -0.1) is 6.42 Å². The Kier molecular flexibility index (Phi) is 5.93. The Morgan fingerprint density at radius 2 is 2.00 bits per heavy atom. The van der Waals surface area contributed by atoms with Gasteiger partial charge in [-0.05, 0) is 30.3 Å². The number of carbonyl (C=O) groups is 2. The van der Waals surface area contributed by atoms with Gasteiger partial charge in [-0.2, -0.15) is 5.10 Å². The number of nitrogens with zero attached hydrogens (tertiary/aromatic N) is 3. The highest BCUT2D eigenvalue weighted by atomic mass is 19.1. The van der Waals surface area contributed by atoms with Crippen LogP contribution >= 0.6 is 0 Å². The number of carbonyl (C=O) groups excluding carboxylic acids is 2. The van der Waals surface area contributed by atoms with Crippen LogP contribution in [0.5, 0.6) is 0 Å². The Morgan fingerprint density at radius 1 is 1.23 bits per heavy atom. The first kappa shape index (κ1) is 20.7. The molecule has 3 aromatic rings. The van der Waals surface area contributed by atoms with Gasteiger partial charge in [0.1, 0.15) is 17.3 Å². The van der Waals surface area contributed by atoms with E-state index in [9.17, 15) is 18.4 Å². The summed E-state index contributed by atoms with van der Waals surface area (Å²) >= 11 is 0. The third kappa shape index (κ3) is 4.52. The number of hydrogen-bond acceptors (Lipinski definition) is 3. The zero-order valence-electron chi connectivity index (χ0n) is 16.3. The zero-order chi connectivity index (χ0) is 21.8. The van der Waals surface area contributed by atoms with E-state index in [0.29, 0.717) is 11.3 Å².